The quantitative estimate of drug-likeness (QED) is 0.770. The Bertz CT molecular complexity index is 491. The first-order chi connectivity index (χ1) is 9.79. The molecule has 1 fully saturated rings. The van der Waals surface area contributed by atoms with Crippen molar-refractivity contribution in [1.82, 2.24) is 15.3 Å². The van der Waals surface area contributed by atoms with Crippen LogP contribution in [0, 0.1) is 12.3 Å². The van der Waals surface area contributed by atoms with Gasteiger partial charge in [0.2, 0.25) is 5.91 Å². The van der Waals surface area contributed by atoms with Gasteiger partial charge in [-0.3, -0.25) is 4.79 Å². The monoisotopic (exact) mass is 273 g/mol. The Labute approximate surface area is 119 Å². The van der Waals surface area contributed by atoms with Crippen LogP contribution < -0.4 is 15.5 Å². The number of piperidine rings is 1. The Hall–Kier alpha value is -2.29. The highest BCUT2D eigenvalue weighted by molar-refractivity contribution is 5.80. The Kier molecular flexibility index (Phi) is 5.18. The van der Waals surface area contributed by atoms with E-state index in [1.165, 1.54) is 25.6 Å². The predicted octanol–water partition coefficient (Wildman–Crippen LogP) is 0.628. The standard InChI is InChI=1S/C14H19N5O/c1-2-6-15-14(20)10-16-12-9-13(18-11-17-12)19-7-4-3-5-8-19/h1,9,11H,3-8,10H2,(H,15,20)(H,16,17,18). The number of anilines is 2. The first-order valence-electron chi connectivity index (χ1n) is 6.80. The number of carbonyl (C=O) groups is 1. The van der Waals surface area contributed by atoms with E-state index in [0.29, 0.717) is 5.82 Å². The fourth-order valence-corrected chi connectivity index (χ4v) is 2.12. The molecular weight excluding hydrogens is 254 g/mol. The van der Waals surface area contributed by atoms with Gasteiger partial charge in [-0.2, -0.15) is 0 Å². The van der Waals surface area contributed by atoms with Crippen molar-refractivity contribution in [3.8, 4) is 12.3 Å². The Morgan fingerprint density at radius 3 is 2.90 bits per heavy atom. The highest BCUT2D eigenvalue weighted by Crippen LogP contribution is 2.18. The topological polar surface area (TPSA) is 70.2 Å². The lowest BCUT2D eigenvalue weighted by Crippen LogP contribution is -2.31. The molecule has 2 heterocycles. The van der Waals surface area contributed by atoms with E-state index in [1.807, 2.05) is 6.07 Å². The minimum absolute atomic E-state index is 0.151. The highest BCUT2D eigenvalue weighted by atomic mass is 16.1. The van der Waals surface area contributed by atoms with Crippen molar-refractivity contribution in [2.75, 3.05) is 36.4 Å². The molecule has 1 aliphatic rings. The average molecular weight is 273 g/mol. The van der Waals surface area contributed by atoms with Crippen LogP contribution in [0.4, 0.5) is 11.6 Å². The number of rotatable bonds is 5. The number of carbonyl (C=O) groups excluding carboxylic acids is 1. The zero-order valence-electron chi connectivity index (χ0n) is 11.4. The molecule has 106 valence electrons. The number of aromatic nitrogens is 2. The summed E-state index contributed by atoms with van der Waals surface area (Å²) in [5, 5.41) is 5.56. The van der Waals surface area contributed by atoms with Gasteiger partial charge in [0.1, 0.15) is 18.0 Å². The van der Waals surface area contributed by atoms with Gasteiger partial charge in [0.15, 0.2) is 0 Å². The summed E-state index contributed by atoms with van der Waals surface area (Å²) in [4.78, 5) is 22.1. The summed E-state index contributed by atoms with van der Waals surface area (Å²) >= 11 is 0. The highest BCUT2D eigenvalue weighted by Gasteiger charge is 2.12. The smallest absolute Gasteiger partial charge is 0.240 e. The number of hydrogen-bond acceptors (Lipinski definition) is 5. The van der Waals surface area contributed by atoms with E-state index in [0.717, 1.165) is 18.9 Å². The first kappa shape index (κ1) is 14.1. The van der Waals surface area contributed by atoms with Crippen molar-refractivity contribution in [1.29, 1.82) is 0 Å². The minimum Gasteiger partial charge on any atom is -0.361 e. The molecule has 0 aromatic carbocycles. The maximum Gasteiger partial charge on any atom is 0.240 e. The Morgan fingerprint density at radius 1 is 1.35 bits per heavy atom. The summed E-state index contributed by atoms with van der Waals surface area (Å²) in [6.07, 6.45) is 10.3. The lowest BCUT2D eigenvalue weighted by molar-refractivity contribution is -0.119. The summed E-state index contributed by atoms with van der Waals surface area (Å²) in [6, 6.07) is 1.87. The minimum atomic E-state index is -0.152. The number of nitrogens with zero attached hydrogens (tertiary/aromatic N) is 3. The normalized spacial score (nSPS) is 14.4. The van der Waals surface area contributed by atoms with Crippen LogP contribution in [0.15, 0.2) is 12.4 Å². The van der Waals surface area contributed by atoms with Gasteiger partial charge in [0, 0.05) is 19.2 Å². The van der Waals surface area contributed by atoms with Crippen molar-refractivity contribution in [3.05, 3.63) is 12.4 Å². The number of nitrogens with one attached hydrogen (secondary N) is 2. The van der Waals surface area contributed by atoms with Gasteiger partial charge in [0.25, 0.3) is 0 Å². The maximum absolute atomic E-state index is 11.4. The van der Waals surface area contributed by atoms with Crippen molar-refractivity contribution >= 4 is 17.5 Å². The van der Waals surface area contributed by atoms with Crippen LogP contribution in [-0.4, -0.2) is 42.1 Å². The zero-order chi connectivity index (χ0) is 14.2. The van der Waals surface area contributed by atoms with Crippen LogP contribution in [0.25, 0.3) is 0 Å². The van der Waals surface area contributed by atoms with Crippen molar-refractivity contribution in [2.24, 2.45) is 0 Å². The summed E-state index contributed by atoms with van der Waals surface area (Å²) in [5.41, 5.74) is 0. The Morgan fingerprint density at radius 2 is 2.15 bits per heavy atom. The molecule has 1 aliphatic heterocycles. The van der Waals surface area contributed by atoms with Crippen LogP contribution in [0.2, 0.25) is 0 Å². The second-order valence-corrected chi connectivity index (χ2v) is 4.64. The van der Waals surface area contributed by atoms with E-state index in [-0.39, 0.29) is 19.0 Å². The van der Waals surface area contributed by atoms with Gasteiger partial charge in [0.05, 0.1) is 13.1 Å². The molecule has 6 heteroatoms. The molecule has 1 aromatic rings. The number of hydrogen-bond donors (Lipinski definition) is 2. The van der Waals surface area contributed by atoms with Crippen molar-refractivity contribution < 1.29 is 4.79 Å². The van der Waals surface area contributed by atoms with Crippen molar-refractivity contribution in [2.45, 2.75) is 19.3 Å². The predicted molar refractivity (Wildman–Crippen MR) is 78.4 cm³/mol. The first-order valence-corrected chi connectivity index (χ1v) is 6.80. The van der Waals surface area contributed by atoms with Crippen LogP contribution >= 0.6 is 0 Å². The molecule has 0 saturated carbocycles. The molecule has 0 unspecified atom stereocenters. The average Bonchev–Trinajstić information content (AvgIpc) is 2.52. The summed E-state index contributed by atoms with van der Waals surface area (Å²) in [7, 11) is 0. The molecule has 1 aromatic heterocycles. The van der Waals surface area contributed by atoms with Gasteiger partial charge in [-0.05, 0) is 19.3 Å². The third-order valence-electron chi connectivity index (χ3n) is 3.15. The van der Waals surface area contributed by atoms with Crippen LogP contribution in [0.1, 0.15) is 19.3 Å². The molecule has 2 N–H and O–H groups in total. The van der Waals surface area contributed by atoms with Crippen LogP contribution in [0.5, 0.6) is 0 Å². The number of amides is 1. The molecule has 0 radical (unpaired) electrons. The van der Waals surface area contributed by atoms with Gasteiger partial charge < -0.3 is 15.5 Å². The molecule has 2 rings (SSSR count). The maximum atomic E-state index is 11.4. The molecule has 20 heavy (non-hydrogen) atoms. The molecule has 0 atom stereocenters. The third kappa shape index (κ3) is 4.12. The summed E-state index contributed by atoms with van der Waals surface area (Å²) in [6.45, 7) is 2.44. The zero-order valence-corrected chi connectivity index (χ0v) is 11.4. The van der Waals surface area contributed by atoms with E-state index in [9.17, 15) is 4.79 Å². The fourth-order valence-electron chi connectivity index (χ4n) is 2.12. The summed E-state index contributed by atoms with van der Waals surface area (Å²) < 4.78 is 0. The lowest BCUT2D eigenvalue weighted by atomic mass is 10.1. The van der Waals surface area contributed by atoms with Gasteiger partial charge in [-0.15, -0.1) is 6.42 Å². The largest absolute Gasteiger partial charge is 0.361 e. The molecule has 0 spiro atoms. The SMILES string of the molecule is C#CCNC(=O)CNc1cc(N2CCCCC2)ncn1. The van der Waals surface area contributed by atoms with E-state index in [1.54, 1.807) is 0 Å². The molecule has 1 saturated heterocycles. The van der Waals surface area contributed by atoms with E-state index >= 15 is 0 Å². The third-order valence-corrected chi connectivity index (χ3v) is 3.15. The van der Waals surface area contributed by atoms with E-state index in [4.69, 9.17) is 6.42 Å². The molecule has 0 bridgehead atoms. The van der Waals surface area contributed by atoms with Gasteiger partial charge >= 0.3 is 0 Å². The van der Waals surface area contributed by atoms with E-state index < -0.39 is 0 Å². The van der Waals surface area contributed by atoms with Gasteiger partial charge in [-0.1, -0.05) is 5.92 Å². The second-order valence-electron chi connectivity index (χ2n) is 4.64. The Balaban J connectivity index is 1.89. The number of terminal acetylenes is 1. The lowest BCUT2D eigenvalue weighted by Gasteiger charge is -2.27. The van der Waals surface area contributed by atoms with Crippen LogP contribution in [0.3, 0.4) is 0 Å². The molecule has 0 aliphatic carbocycles. The second kappa shape index (κ2) is 7.34. The van der Waals surface area contributed by atoms with E-state index in [2.05, 4.69) is 31.4 Å². The van der Waals surface area contributed by atoms with Gasteiger partial charge in [-0.25, -0.2) is 9.97 Å². The molecular formula is C14H19N5O. The molecule has 6 nitrogen and oxygen atoms in total. The van der Waals surface area contributed by atoms with Crippen molar-refractivity contribution in [3.63, 3.8) is 0 Å². The molecule has 1 amide bonds. The summed E-state index contributed by atoms with van der Waals surface area (Å²) in [5.74, 6) is 3.76. The van der Waals surface area contributed by atoms with Crippen LogP contribution in [-0.2, 0) is 4.79 Å². The fraction of sp³-hybridized carbons (Fsp3) is 0.500.